The van der Waals surface area contributed by atoms with Gasteiger partial charge in [-0.1, -0.05) is 62.6 Å². The van der Waals surface area contributed by atoms with Crippen LogP contribution in [0, 0.1) is 0 Å². The van der Waals surface area contributed by atoms with Crippen LogP contribution in [0.15, 0.2) is 48.5 Å². The molecule has 0 heterocycles. The number of ether oxygens (including phenoxy) is 1. The van der Waals surface area contributed by atoms with E-state index < -0.39 is 5.92 Å². The van der Waals surface area contributed by atoms with E-state index in [1.54, 1.807) is 12.1 Å². The fourth-order valence-corrected chi connectivity index (χ4v) is 2.42. The quantitative estimate of drug-likeness (QED) is 0.510. The summed E-state index contributed by atoms with van der Waals surface area (Å²) in [5.41, 5.74) is 1.95. The second kappa shape index (κ2) is 8.09. The van der Waals surface area contributed by atoms with Crippen LogP contribution < -0.4 is 4.74 Å². The summed E-state index contributed by atoms with van der Waals surface area (Å²) in [7, 11) is 0. The van der Waals surface area contributed by atoms with Crippen LogP contribution in [0.2, 0.25) is 0 Å². The molecular formula is C20H24F2O. The predicted octanol–water partition coefficient (Wildman–Crippen LogP) is 6.42. The highest BCUT2D eigenvalue weighted by Crippen LogP contribution is 2.29. The summed E-state index contributed by atoms with van der Waals surface area (Å²) in [6.45, 7) is 3.84. The Bertz CT molecular complexity index is 583. The van der Waals surface area contributed by atoms with E-state index in [0.29, 0.717) is 0 Å². The van der Waals surface area contributed by atoms with Crippen LogP contribution >= 0.6 is 0 Å². The van der Waals surface area contributed by atoms with E-state index in [2.05, 4.69) is 6.92 Å². The molecule has 0 saturated carbocycles. The van der Waals surface area contributed by atoms with Crippen molar-refractivity contribution < 1.29 is 13.5 Å². The number of rotatable bonds is 8. The highest BCUT2D eigenvalue weighted by atomic mass is 19.3. The molecule has 0 atom stereocenters. The molecule has 124 valence electrons. The van der Waals surface area contributed by atoms with Crippen molar-refractivity contribution in [2.24, 2.45) is 0 Å². The highest BCUT2D eigenvalue weighted by Gasteiger charge is 2.23. The lowest BCUT2D eigenvalue weighted by Crippen LogP contribution is -2.06. The van der Waals surface area contributed by atoms with E-state index in [-0.39, 0.29) is 5.56 Å². The molecule has 0 spiro atoms. The van der Waals surface area contributed by atoms with Crippen LogP contribution in [0.3, 0.4) is 0 Å². The molecule has 3 heteroatoms. The Morgan fingerprint density at radius 2 is 1.39 bits per heavy atom. The number of alkyl halides is 2. The summed E-state index contributed by atoms with van der Waals surface area (Å²) >= 11 is 0. The minimum Gasteiger partial charge on any atom is -0.494 e. The molecule has 0 aromatic heterocycles. The minimum absolute atomic E-state index is 0.0354. The average molecular weight is 318 g/mol. The van der Waals surface area contributed by atoms with E-state index in [1.807, 2.05) is 24.3 Å². The predicted molar refractivity (Wildman–Crippen MR) is 91.1 cm³/mol. The Labute approximate surface area is 137 Å². The Kier molecular flexibility index (Phi) is 6.14. The van der Waals surface area contributed by atoms with Gasteiger partial charge < -0.3 is 4.74 Å². The van der Waals surface area contributed by atoms with Gasteiger partial charge in [0, 0.05) is 12.5 Å². The summed E-state index contributed by atoms with van der Waals surface area (Å²) in [5, 5.41) is 0. The number of unbranched alkanes of at least 4 members (excludes halogenated alkanes) is 3. The third kappa shape index (κ3) is 5.34. The van der Waals surface area contributed by atoms with Gasteiger partial charge in [0.1, 0.15) is 5.75 Å². The Balaban J connectivity index is 1.94. The largest absolute Gasteiger partial charge is 0.494 e. The molecule has 0 aliphatic rings. The summed E-state index contributed by atoms with van der Waals surface area (Å²) in [6.07, 6.45) is 4.73. The number of hydrogen-bond donors (Lipinski definition) is 0. The van der Waals surface area contributed by atoms with Crippen molar-refractivity contribution in [2.75, 3.05) is 6.61 Å². The van der Waals surface area contributed by atoms with Crippen LogP contribution in [0.4, 0.5) is 8.78 Å². The fourth-order valence-electron chi connectivity index (χ4n) is 2.42. The lowest BCUT2D eigenvalue weighted by atomic mass is 10.0. The maximum absolute atomic E-state index is 13.2. The van der Waals surface area contributed by atoms with Gasteiger partial charge in [0.05, 0.1) is 6.61 Å². The molecule has 0 bridgehead atoms. The van der Waals surface area contributed by atoms with Gasteiger partial charge in [-0.3, -0.25) is 0 Å². The topological polar surface area (TPSA) is 9.23 Å². The number of hydrogen-bond acceptors (Lipinski definition) is 1. The summed E-state index contributed by atoms with van der Waals surface area (Å²) in [6, 6.07) is 14.2. The van der Waals surface area contributed by atoms with Gasteiger partial charge in [0.2, 0.25) is 0 Å². The maximum atomic E-state index is 13.2. The van der Waals surface area contributed by atoms with Crippen LogP contribution in [0.25, 0.3) is 11.1 Å². The molecule has 0 fully saturated rings. The molecule has 2 aromatic carbocycles. The molecule has 0 aliphatic carbocycles. The minimum atomic E-state index is -2.80. The van der Waals surface area contributed by atoms with Gasteiger partial charge in [0.25, 0.3) is 5.92 Å². The van der Waals surface area contributed by atoms with Gasteiger partial charge in [0.15, 0.2) is 0 Å². The zero-order valence-electron chi connectivity index (χ0n) is 13.8. The zero-order chi connectivity index (χ0) is 16.7. The van der Waals surface area contributed by atoms with Crippen molar-refractivity contribution in [1.29, 1.82) is 0 Å². The van der Waals surface area contributed by atoms with E-state index in [1.165, 1.54) is 31.4 Å². The lowest BCUT2D eigenvalue weighted by molar-refractivity contribution is 0.0175. The monoisotopic (exact) mass is 318 g/mol. The van der Waals surface area contributed by atoms with Crippen molar-refractivity contribution >= 4 is 0 Å². The van der Waals surface area contributed by atoms with Crippen LogP contribution in [0.5, 0.6) is 5.75 Å². The smallest absolute Gasteiger partial charge is 0.270 e. The standard InChI is InChI=1S/C20H24F2O/c1-3-4-5-6-15-23-19-13-9-17(10-14-19)16-7-11-18(12-8-16)20(2,21)22/h7-14H,3-6,15H2,1-2H3. The first-order chi connectivity index (χ1) is 11.0. The molecule has 0 saturated heterocycles. The van der Waals surface area contributed by atoms with Gasteiger partial charge in [-0.15, -0.1) is 0 Å². The number of benzene rings is 2. The van der Waals surface area contributed by atoms with E-state index in [9.17, 15) is 8.78 Å². The SMILES string of the molecule is CCCCCCOc1ccc(-c2ccc(C(C)(F)F)cc2)cc1. The summed E-state index contributed by atoms with van der Waals surface area (Å²) in [4.78, 5) is 0. The first-order valence-corrected chi connectivity index (χ1v) is 8.22. The lowest BCUT2D eigenvalue weighted by Gasteiger charge is -2.11. The van der Waals surface area contributed by atoms with Gasteiger partial charge in [-0.05, 0) is 29.7 Å². The van der Waals surface area contributed by atoms with E-state index in [4.69, 9.17) is 4.74 Å². The van der Waals surface area contributed by atoms with Crippen LogP contribution in [0.1, 0.15) is 45.1 Å². The summed E-state index contributed by atoms with van der Waals surface area (Å²) < 4.78 is 32.2. The van der Waals surface area contributed by atoms with Crippen molar-refractivity contribution in [3.63, 3.8) is 0 Å². The zero-order valence-corrected chi connectivity index (χ0v) is 13.8. The molecular weight excluding hydrogens is 294 g/mol. The third-order valence-corrected chi connectivity index (χ3v) is 3.85. The molecule has 23 heavy (non-hydrogen) atoms. The molecule has 0 aliphatic heterocycles. The van der Waals surface area contributed by atoms with Crippen molar-refractivity contribution in [2.45, 2.75) is 45.5 Å². The van der Waals surface area contributed by atoms with Crippen molar-refractivity contribution in [3.8, 4) is 16.9 Å². The van der Waals surface area contributed by atoms with E-state index in [0.717, 1.165) is 36.8 Å². The van der Waals surface area contributed by atoms with Gasteiger partial charge in [-0.25, -0.2) is 8.78 Å². The fraction of sp³-hybridized carbons (Fsp3) is 0.400. The second-order valence-electron chi connectivity index (χ2n) is 5.90. The van der Waals surface area contributed by atoms with Crippen LogP contribution in [-0.4, -0.2) is 6.61 Å². The molecule has 0 radical (unpaired) electrons. The first kappa shape index (κ1) is 17.5. The Hall–Kier alpha value is -1.90. The first-order valence-electron chi connectivity index (χ1n) is 8.22. The van der Waals surface area contributed by atoms with Crippen LogP contribution in [-0.2, 0) is 5.92 Å². The van der Waals surface area contributed by atoms with Gasteiger partial charge in [-0.2, -0.15) is 0 Å². The van der Waals surface area contributed by atoms with E-state index >= 15 is 0 Å². The molecule has 1 nitrogen and oxygen atoms in total. The average Bonchev–Trinajstić information content (AvgIpc) is 2.55. The Morgan fingerprint density at radius 3 is 1.91 bits per heavy atom. The highest BCUT2D eigenvalue weighted by molar-refractivity contribution is 5.64. The molecule has 2 aromatic rings. The second-order valence-corrected chi connectivity index (χ2v) is 5.90. The number of halogens is 2. The molecule has 2 rings (SSSR count). The normalized spacial score (nSPS) is 11.5. The molecule has 0 amide bonds. The van der Waals surface area contributed by atoms with Crippen molar-refractivity contribution in [3.05, 3.63) is 54.1 Å². The molecule has 0 N–H and O–H groups in total. The summed E-state index contributed by atoms with van der Waals surface area (Å²) in [5.74, 6) is -1.95. The maximum Gasteiger partial charge on any atom is 0.270 e. The third-order valence-electron chi connectivity index (χ3n) is 3.85. The Morgan fingerprint density at radius 1 is 0.826 bits per heavy atom. The van der Waals surface area contributed by atoms with Gasteiger partial charge >= 0.3 is 0 Å². The molecule has 0 unspecified atom stereocenters. The van der Waals surface area contributed by atoms with Crippen molar-refractivity contribution in [1.82, 2.24) is 0 Å².